The van der Waals surface area contributed by atoms with Crippen molar-refractivity contribution in [2.24, 2.45) is 0 Å². The molecule has 0 unspecified atom stereocenters. The first-order valence-corrected chi connectivity index (χ1v) is 6.16. The zero-order valence-electron chi connectivity index (χ0n) is 9.89. The van der Waals surface area contributed by atoms with Crippen molar-refractivity contribution in [1.82, 2.24) is 5.16 Å². The number of aromatic amines is 1. The summed E-state index contributed by atoms with van der Waals surface area (Å²) in [6, 6.07) is 17.8. The van der Waals surface area contributed by atoms with Gasteiger partial charge in [-0.2, -0.15) is 0 Å². The minimum atomic E-state index is -0.552. The lowest BCUT2D eigenvalue weighted by atomic mass is 10.0. The van der Waals surface area contributed by atoms with Gasteiger partial charge >= 0.3 is 5.63 Å². The Labute approximate surface area is 114 Å². The predicted molar refractivity (Wildman–Crippen MR) is 75.2 cm³/mol. The standard InChI is InChI=1S/C15H10ClNO2/c16-13-14(17-19-15(13)18)12-8-6-11(7-9-12)10-4-2-1-3-5-10/h1-9,17H. The predicted octanol–water partition coefficient (Wildman–Crippen LogP) is 3.96. The lowest BCUT2D eigenvalue weighted by molar-refractivity contribution is 0.394. The fraction of sp³-hybridized carbons (Fsp3) is 0. The van der Waals surface area contributed by atoms with E-state index in [-0.39, 0.29) is 5.02 Å². The van der Waals surface area contributed by atoms with E-state index < -0.39 is 5.63 Å². The van der Waals surface area contributed by atoms with Crippen LogP contribution in [0.2, 0.25) is 5.02 Å². The van der Waals surface area contributed by atoms with Crippen molar-refractivity contribution in [2.75, 3.05) is 0 Å². The van der Waals surface area contributed by atoms with Crippen molar-refractivity contribution < 1.29 is 4.52 Å². The van der Waals surface area contributed by atoms with Crippen LogP contribution in [0.15, 0.2) is 63.9 Å². The average molecular weight is 272 g/mol. The van der Waals surface area contributed by atoms with Gasteiger partial charge in [-0.05, 0) is 11.1 Å². The van der Waals surface area contributed by atoms with E-state index in [0.717, 1.165) is 16.7 Å². The summed E-state index contributed by atoms with van der Waals surface area (Å²) in [5.74, 6) is 0. The van der Waals surface area contributed by atoms with Crippen LogP contribution in [0.1, 0.15) is 0 Å². The van der Waals surface area contributed by atoms with Crippen LogP contribution >= 0.6 is 11.6 Å². The summed E-state index contributed by atoms with van der Waals surface area (Å²) >= 11 is 5.86. The largest absolute Gasteiger partial charge is 0.376 e. The lowest BCUT2D eigenvalue weighted by Gasteiger charge is -2.03. The minimum absolute atomic E-state index is 0.0764. The maximum atomic E-state index is 11.2. The summed E-state index contributed by atoms with van der Waals surface area (Å²) in [7, 11) is 0. The van der Waals surface area contributed by atoms with Crippen molar-refractivity contribution >= 4 is 11.6 Å². The number of benzene rings is 2. The first-order valence-electron chi connectivity index (χ1n) is 5.78. The molecule has 0 amide bonds. The molecule has 19 heavy (non-hydrogen) atoms. The van der Waals surface area contributed by atoms with Gasteiger partial charge in [0.15, 0.2) is 5.02 Å². The topological polar surface area (TPSA) is 46.0 Å². The maximum absolute atomic E-state index is 11.2. The van der Waals surface area contributed by atoms with E-state index in [9.17, 15) is 4.79 Å². The number of rotatable bonds is 2. The van der Waals surface area contributed by atoms with Crippen LogP contribution < -0.4 is 5.63 Å². The van der Waals surface area contributed by atoms with Gasteiger partial charge in [0.2, 0.25) is 0 Å². The van der Waals surface area contributed by atoms with Crippen LogP contribution in [0.25, 0.3) is 22.4 Å². The lowest BCUT2D eigenvalue weighted by Crippen LogP contribution is -1.90. The summed E-state index contributed by atoms with van der Waals surface area (Å²) in [6.45, 7) is 0. The molecule has 0 radical (unpaired) electrons. The summed E-state index contributed by atoms with van der Waals surface area (Å²) in [4.78, 5) is 11.2. The van der Waals surface area contributed by atoms with Gasteiger partial charge in [0, 0.05) is 5.56 Å². The Balaban J connectivity index is 2.00. The monoisotopic (exact) mass is 271 g/mol. The summed E-state index contributed by atoms with van der Waals surface area (Å²) in [6.07, 6.45) is 0. The van der Waals surface area contributed by atoms with Crippen LogP contribution in [0, 0.1) is 0 Å². The second-order valence-electron chi connectivity index (χ2n) is 4.12. The molecule has 0 aliphatic heterocycles. The maximum Gasteiger partial charge on any atom is 0.376 e. The molecule has 2 aromatic carbocycles. The molecule has 0 aliphatic rings. The van der Waals surface area contributed by atoms with E-state index in [2.05, 4.69) is 9.68 Å². The smallest absolute Gasteiger partial charge is 0.337 e. The van der Waals surface area contributed by atoms with Gasteiger partial charge in [-0.25, -0.2) is 9.95 Å². The van der Waals surface area contributed by atoms with Gasteiger partial charge < -0.3 is 4.52 Å². The van der Waals surface area contributed by atoms with Crippen molar-refractivity contribution in [1.29, 1.82) is 0 Å². The van der Waals surface area contributed by atoms with Crippen molar-refractivity contribution in [3.8, 4) is 22.4 Å². The molecular formula is C15H10ClNO2. The Morgan fingerprint density at radius 3 is 2.00 bits per heavy atom. The highest BCUT2D eigenvalue weighted by atomic mass is 35.5. The average Bonchev–Trinajstić information content (AvgIpc) is 2.80. The molecular weight excluding hydrogens is 262 g/mol. The number of hydrogen-bond donors (Lipinski definition) is 1. The van der Waals surface area contributed by atoms with Gasteiger partial charge in [0.05, 0.1) is 0 Å². The molecule has 3 nitrogen and oxygen atoms in total. The number of aromatic nitrogens is 1. The van der Waals surface area contributed by atoms with E-state index in [4.69, 9.17) is 11.6 Å². The third-order valence-corrected chi connectivity index (χ3v) is 3.27. The highest BCUT2D eigenvalue weighted by Gasteiger charge is 2.11. The molecule has 0 fully saturated rings. The van der Waals surface area contributed by atoms with E-state index in [1.165, 1.54) is 0 Å². The first-order chi connectivity index (χ1) is 9.25. The Bertz CT molecular complexity index is 742. The Morgan fingerprint density at radius 1 is 0.842 bits per heavy atom. The minimum Gasteiger partial charge on any atom is -0.337 e. The van der Waals surface area contributed by atoms with Gasteiger partial charge in [-0.3, -0.25) is 0 Å². The number of halogens is 1. The molecule has 4 heteroatoms. The quantitative estimate of drug-likeness (QED) is 0.767. The molecule has 3 aromatic rings. The van der Waals surface area contributed by atoms with Gasteiger partial charge in [0.25, 0.3) is 0 Å². The van der Waals surface area contributed by atoms with Crippen LogP contribution in [-0.2, 0) is 0 Å². The molecule has 1 N–H and O–H groups in total. The number of nitrogens with one attached hydrogen (secondary N) is 1. The fourth-order valence-corrected chi connectivity index (χ4v) is 2.12. The number of H-pyrrole nitrogens is 1. The molecule has 1 heterocycles. The summed E-state index contributed by atoms with van der Waals surface area (Å²) in [5.41, 5.74) is 3.01. The van der Waals surface area contributed by atoms with Crippen LogP contribution in [0.5, 0.6) is 0 Å². The van der Waals surface area contributed by atoms with E-state index in [1.807, 2.05) is 54.6 Å². The van der Waals surface area contributed by atoms with Crippen molar-refractivity contribution in [3.05, 3.63) is 70.0 Å². The Kier molecular flexibility index (Phi) is 2.97. The van der Waals surface area contributed by atoms with Gasteiger partial charge in [-0.15, -0.1) is 0 Å². The van der Waals surface area contributed by atoms with Crippen LogP contribution in [0.4, 0.5) is 0 Å². The highest BCUT2D eigenvalue weighted by molar-refractivity contribution is 6.32. The van der Waals surface area contributed by atoms with Gasteiger partial charge in [-0.1, -0.05) is 66.2 Å². The van der Waals surface area contributed by atoms with E-state index >= 15 is 0 Å². The van der Waals surface area contributed by atoms with Crippen LogP contribution in [-0.4, -0.2) is 5.16 Å². The third-order valence-electron chi connectivity index (χ3n) is 2.93. The van der Waals surface area contributed by atoms with E-state index in [1.54, 1.807) is 0 Å². The summed E-state index contributed by atoms with van der Waals surface area (Å²) < 4.78 is 4.65. The Hall–Kier alpha value is -2.26. The zero-order chi connectivity index (χ0) is 13.2. The normalized spacial score (nSPS) is 10.6. The molecule has 1 aromatic heterocycles. The second kappa shape index (κ2) is 4.78. The first kappa shape index (κ1) is 11.8. The third kappa shape index (κ3) is 2.20. The highest BCUT2D eigenvalue weighted by Crippen LogP contribution is 2.26. The molecule has 0 saturated heterocycles. The zero-order valence-corrected chi connectivity index (χ0v) is 10.6. The fourth-order valence-electron chi connectivity index (χ4n) is 1.93. The molecule has 0 spiro atoms. The van der Waals surface area contributed by atoms with Crippen molar-refractivity contribution in [3.63, 3.8) is 0 Å². The molecule has 3 rings (SSSR count). The second-order valence-corrected chi connectivity index (χ2v) is 4.50. The molecule has 94 valence electrons. The van der Waals surface area contributed by atoms with Gasteiger partial charge in [0.1, 0.15) is 5.69 Å². The molecule has 0 bridgehead atoms. The number of hydrogen-bond acceptors (Lipinski definition) is 2. The van der Waals surface area contributed by atoms with Crippen LogP contribution in [0.3, 0.4) is 0 Å². The Morgan fingerprint density at radius 2 is 1.42 bits per heavy atom. The SMILES string of the molecule is O=c1o[nH]c(-c2ccc(-c3ccccc3)cc2)c1Cl. The molecule has 0 atom stereocenters. The van der Waals surface area contributed by atoms with E-state index in [0.29, 0.717) is 5.69 Å². The van der Waals surface area contributed by atoms with Crippen molar-refractivity contribution in [2.45, 2.75) is 0 Å². The summed E-state index contributed by atoms with van der Waals surface area (Å²) in [5, 5.41) is 2.61. The molecule has 0 saturated carbocycles. The molecule has 0 aliphatic carbocycles.